The SMILES string of the molecule is C[C@@H]1COCC[C@H]1Nc1ncc2nc(Nc3c(F)cc(Cl)cc3F)n([C@H]3CC[C@@](C)(C(N)=O)CC3)c2n1. The third-order valence-corrected chi connectivity index (χ3v) is 7.87. The Hall–Kier alpha value is -3.05. The van der Waals surface area contributed by atoms with Crippen LogP contribution in [0.4, 0.5) is 26.4 Å². The van der Waals surface area contributed by atoms with Gasteiger partial charge in [0.1, 0.15) is 11.2 Å². The quantitative estimate of drug-likeness (QED) is 0.410. The Morgan fingerprint density at radius 2 is 1.92 bits per heavy atom. The molecule has 1 aromatic carbocycles. The number of halogens is 3. The number of benzene rings is 1. The second-order valence-corrected chi connectivity index (χ2v) is 10.8. The highest BCUT2D eigenvalue weighted by Gasteiger charge is 2.38. The first-order valence-corrected chi connectivity index (χ1v) is 12.8. The van der Waals surface area contributed by atoms with Gasteiger partial charge in [0.15, 0.2) is 17.3 Å². The summed E-state index contributed by atoms with van der Waals surface area (Å²) in [5, 5.41) is 6.18. The highest BCUT2D eigenvalue weighted by Crippen LogP contribution is 2.43. The first-order valence-electron chi connectivity index (χ1n) is 12.5. The van der Waals surface area contributed by atoms with Crippen LogP contribution in [0.25, 0.3) is 11.2 Å². The topological polar surface area (TPSA) is 120 Å². The molecule has 0 bridgehead atoms. The standard InChI is InChI=1S/C25H30ClF2N7O2/c1-13-12-37-8-5-18(13)31-23-30-11-19-21(34-23)35(15-3-6-25(2,7-4-15)22(29)36)24(32-19)33-20-16(27)9-14(26)10-17(20)28/h9-11,13,15,18H,3-8,12H2,1-2H3,(H2,29,36)(H,32,33)(H,30,31,34)/t13-,15-,18-,25+/m1/s1. The summed E-state index contributed by atoms with van der Waals surface area (Å²) in [6.45, 7) is 5.29. The van der Waals surface area contributed by atoms with Crippen molar-refractivity contribution in [2.24, 2.45) is 17.1 Å². The number of imidazole rings is 1. The number of primary amides is 1. The lowest BCUT2D eigenvalue weighted by Gasteiger charge is -2.35. The molecule has 2 atom stereocenters. The van der Waals surface area contributed by atoms with Crippen LogP contribution in [-0.2, 0) is 9.53 Å². The van der Waals surface area contributed by atoms with Crippen molar-refractivity contribution in [1.29, 1.82) is 0 Å². The Morgan fingerprint density at radius 1 is 1.22 bits per heavy atom. The van der Waals surface area contributed by atoms with Crippen LogP contribution in [0.5, 0.6) is 0 Å². The molecule has 3 aromatic rings. The summed E-state index contributed by atoms with van der Waals surface area (Å²) >= 11 is 5.80. The molecule has 0 unspecified atom stereocenters. The summed E-state index contributed by atoms with van der Waals surface area (Å²) in [5.41, 5.74) is 5.70. The molecule has 2 fully saturated rings. The Kier molecular flexibility index (Phi) is 6.93. The molecule has 5 rings (SSSR count). The van der Waals surface area contributed by atoms with Gasteiger partial charge in [-0.2, -0.15) is 4.98 Å². The molecule has 198 valence electrons. The summed E-state index contributed by atoms with van der Waals surface area (Å²) in [6.07, 6.45) is 4.82. The van der Waals surface area contributed by atoms with E-state index < -0.39 is 17.0 Å². The molecule has 1 saturated heterocycles. The Labute approximate surface area is 218 Å². The van der Waals surface area contributed by atoms with E-state index in [0.29, 0.717) is 56.0 Å². The van der Waals surface area contributed by atoms with E-state index in [2.05, 4.69) is 27.5 Å². The third-order valence-electron chi connectivity index (χ3n) is 7.65. The van der Waals surface area contributed by atoms with E-state index in [-0.39, 0.29) is 40.6 Å². The van der Waals surface area contributed by atoms with Crippen molar-refractivity contribution in [3.63, 3.8) is 0 Å². The fourth-order valence-corrected chi connectivity index (χ4v) is 5.36. The molecule has 0 radical (unpaired) electrons. The first-order chi connectivity index (χ1) is 17.6. The number of aromatic nitrogens is 4. The number of anilines is 3. The lowest BCUT2D eigenvalue weighted by Crippen LogP contribution is -2.38. The van der Waals surface area contributed by atoms with Crippen LogP contribution in [0.15, 0.2) is 18.3 Å². The number of nitrogens with zero attached hydrogens (tertiary/aromatic N) is 4. The van der Waals surface area contributed by atoms with Gasteiger partial charge in [-0.25, -0.2) is 18.7 Å². The van der Waals surface area contributed by atoms with Crippen LogP contribution in [0, 0.1) is 23.0 Å². The largest absolute Gasteiger partial charge is 0.381 e. The molecule has 12 heteroatoms. The molecule has 2 aliphatic rings. The number of rotatable bonds is 6. The number of nitrogens with two attached hydrogens (primary N) is 1. The number of ether oxygens (including phenoxy) is 1. The van der Waals surface area contributed by atoms with Gasteiger partial charge in [-0.05, 0) is 50.2 Å². The zero-order valence-electron chi connectivity index (χ0n) is 20.7. The minimum atomic E-state index is -0.838. The van der Waals surface area contributed by atoms with Gasteiger partial charge in [-0.1, -0.05) is 25.4 Å². The summed E-state index contributed by atoms with van der Waals surface area (Å²) in [4.78, 5) is 25.8. The van der Waals surface area contributed by atoms with E-state index in [1.54, 1.807) is 6.20 Å². The van der Waals surface area contributed by atoms with Crippen LogP contribution in [0.1, 0.15) is 52.0 Å². The monoisotopic (exact) mass is 533 g/mol. The van der Waals surface area contributed by atoms with Gasteiger partial charge in [0.05, 0.1) is 12.8 Å². The molecule has 1 aliphatic heterocycles. The Balaban J connectivity index is 1.54. The molecule has 2 aromatic heterocycles. The smallest absolute Gasteiger partial charge is 0.224 e. The fourth-order valence-electron chi connectivity index (χ4n) is 5.17. The van der Waals surface area contributed by atoms with E-state index in [1.165, 1.54) is 0 Å². The molecule has 4 N–H and O–H groups in total. The highest BCUT2D eigenvalue weighted by molar-refractivity contribution is 6.30. The van der Waals surface area contributed by atoms with Crippen molar-refractivity contribution in [2.75, 3.05) is 23.8 Å². The van der Waals surface area contributed by atoms with Crippen molar-refractivity contribution in [2.45, 2.75) is 58.0 Å². The van der Waals surface area contributed by atoms with Crippen LogP contribution < -0.4 is 16.4 Å². The van der Waals surface area contributed by atoms with Crippen LogP contribution in [0.2, 0.25) is 5.02 Å². The van der Waals surface area contributed by atoms with Gasteiger partial charge >= 0.3 is 0 Å². The van der Waals surface area contributed by atoms with Crippen LogP contribution >= 0.6 is 11.6 Å². The van der Waals surface area contributed by atoms with Crippen LogP contribution in [-0.4, -0.2) is 44.7 Å². The number of amides is 1. The van der Waals surface area contributed by atoms with Gasteiger partial charge in [-0.15, -0.1) is 0 Å². The number of carbonyl (C=O) groups is 1. The first kappa shape index (κ1) is 25.6. The molecular formula is C25H30ClF2N7O2. The zero-order chi connectivity index (χ0) is 26.3. The average molecular weight is 534 g/mol. The minimum absolute atomic E-state index is 0.0454. The summed E-state index contributed by atoms with van der Waals surface area (Å²) < 4.78 is 36.7. The highest BCUT2D eigenvalue weighted by atomic mass is 35.5. The lowest BCUT2D eigenvalue weighted by atomic mass is 9.73. The lowest BCUT2D eigenvalue weighted by molar-refractivity contribution is -0.128. The molecule has 1 aliphatic carbocycles. The second kappa shape index (κ2) is 10.0. The summed E-state index contributed by atoms with van der Waals surface area (Å²) in [5.74, 6) is -1.04. The average Bonchev–Trinajstić information content (AvgIpc) is 3.20. The van der Waals surface area contributed by atoms with Gasteiger partial charge in [0, 0.05) is 29.1 Å². The van der Waals surface area contributed by atoms with Gasteiger partial charge in [0.2, 0.25) is 17.8 Å². The molecule has 0 spiro atoms. The van der Waals surface area contributed by atoms with Crippen LogP contribution in [0.3, 0.4) is 0 Å². The van der Waals surface area contributed by atoms with Crippen molar-refractivity contribution in [1.82, 2.24) is 19.5 Å². The zero-order valence-corrected chi connectivity index (χ0v) is 21.5. The van der Waals surface area contributed by atoms with Gasteiger partial charge in [-0.3, -0.25) is 9.36 Å². The normalized spacial score (nSPS) is 26.2. The number of hydrogen-bond acceptors (Lipinski definition) is 7. The van der Waals surface area contributed by atoms with Gasteiger partial charge in [0.25, 0.3) is 0 Å². The summed E-state index contributed by atoms with van der Waals surface area (Å²) in [7, 11) is 0. The number of nitrogens with one attached hydrogen (secondary N) is 2. The maximum absolute atomic E-state index is 14.7. The molecule has 9 nitrogen and oxygen atoms in total. The third kappa shape index (κ3) is 5.06. The van der Waals surface area contributed by atoms with E-state index >= 15 is 0 Å². The number of fused-ring (bicyclic) bond motifs is 1. The Morgan fingerprint density at radius 3 is 2.57 bits per heavy atom. The van der Waals surface area contributed by atoms with Gasteiger partial charge < -0.3 is 21.1 Å². The maximum Gasteiger partial charge on any atom is 0.224 e. The Bertz CT molecular complexity index is 1300. The fraction of sp³-hybridized carbons (Fsp3) is 0.520. The van der Waals surface area contributed by atoms with Crippen molar-refractivity contribution in [3.05, 3.63) is 35.0 Å². The minimum Gasteiger partial charge on any atom is -0.381 e. The van der Waals surface area contributed by atoms with Crippen molar-refractivity contribution >= 4 is 46.3 Å². The predicted molar refractivity (Wildman–Crippen MR) is 137 cm³/mol. The van der Waals surface area contributed by atoms with E-state index in [9.17, 15) is 13.6 Å². The molecule has 1 saturated carbocycles. The number of hydrogen-bond donors (Lipinski definition) is 3. The maximum atomic E-state index is 14.7. The van der Waals surface area contributed by atoms with Crippen molar-refractivity contribution in [3.8, 4) is 0 Å². The van der Waals surface area contributed by atoms with E-state index in [0.717, 1.165) is 18.6 Å². The molecular weight excluding hydrogens is 504 g/mol. The molecule has 3 heterocycles. The summed E-state index contributed by atoms with van der Waals surface area (Å²) in [6, 6.07) is 2.11. The van der Waals surface area contributed by atoms with E-state index in [4.69, 9.17) is 27.1 Å². The molecule has 37 heavy (non-hydrogen) atoms. The van der Waals surface area contributed by atoms with E-state index in [1.807, 2.05) is 11.5 Å². The number of carbonyl (C=O) groups excluding carboxylic acids is 1. The molecule has 1 amide bonds. The predicted octanol–water partition coefficient (Wildman–Crippen LogP) is 4.95. The second-order valence-electron chi connectivity index (χ2n) is 10.3. The van der Waals surface area contributed by atoms with Crippen molar-refractivity contribution < 1.29 is 18.3 Å².